The maximum absolute atomic E-state index is 12.3. The molecule has 13 heteroatoms. The monoisotopic (exact) mass is 784 g/mol. The molecule has 55 heavy (non-hydrogen) atoms. The maximum Gasteiger partial charge on any atom is 0.187 e. The summed E-state index contributed by atoms with van der Waals surface area (Å²) in [5.41, 5.74) is -1.71. The molecule has 6 aliphatic rings. The Morgan fingerprint density at radius 2 is 1.49 bits per heavy atom. The molecule has 21 atom stereocenters. The first-order valence-corrected chi connectivity index (χ1v) is 20.8. The second-order valence-corrected chi connectivity index (χ2v) is 20.3. The molecule has 0 radical (unpaired) electrons. The molecule has 0 unspecified atom stereocenters. The van der Waals surface area contributed by atoms with Crippen molar-refractivity contribution < 1.29 is 64.9 Å². The van der Waals surface area contributed by atoms with E-state index in [1.165, 1.54) is 12.5 Å². The summed E-state index contributed by atoms with van der Waals surface area (Å²) in [5, 5.41) is 100. The normalized spacial score (nSPS) is 53.4. The molecule has 4 saturated carbocycles. The summed E-state index contributed by atoms with van der Waals surface area (Å²) in [5.74, 6) is -0.526. The smallest absolute Gasteiger partial charge is 0.187 e. The van der Waals surface area contributed by atoms with E-state index in [2.05, 4.69) is 40.7 Å². The molecule has 0 bridgehead atoms. The molecule has 4 aliphatic carbocycles. The lowest BCUT2D eigenvalue weighted by atomic mass is 9.34. The third-order valence-corrected chi connectivity index (χ3v) is 16.5. The second-order valence-electron chi connectivity index (χ2n) is 20.3. The van der Waals surface area contributed by atoms with Gasteiger partial charge in [0.25, 0.3) is 0 Å². The van der Waals surface area contributed by atoms with Crippen molar-refractivity contribution in [3.05, 3.63) is 11.6 Å². The highest BCUT2D eigenvalue weighted by atomic mass is 16.8. The summed E-state index contributed by atoms with van der Waals surface area (Å²) in [6.45, 7) is 17.8. The van der Waals surface area contributed by atoms with Crippen molar-refractivity contribution in [2.75, 3.05) is 6.61 Å². The van der Waals surface area contributed by atoms with E-state index >= 15 is 0 Å². The zero-order chi connectivity index (χ0) is 40.8. The van der Waals surface area contributed by atoms with Crippen LogP contribution in [0.2, 0.25) is 0 Å². The van der Waals surface area contributed by atoms with E-state index in [1.807, 2.05) is 20.8 Å². The van der Waals surface area contributed by atoms with Gasteiger partial charge in [-0.1, -0.05) is 46.3 Å². The Morgan fingerprint density at radius 1 is 0.818 bits per heavy atom. The quantitative estimate of drug-likeness (QED) is 0.121. The first-order valence-electron chi connectivity index (χ1n) is 20.8. The van der Waals surface area contributed by atoms with Gasteiger partial charge >= 0.3 is 0 Å². The maximum atomic E-state index is 12.3. The third kappa shape index (κ3) is 7.10. The van der Waals surface area contributed by atoms with Crippen molar-refractivity contribution in [2.24, 2.45) is 45.3 Å². The predicted octanol–water partition coefficient (Wildman–Crippen LogP) is 2.15. The van der Waals surface area contributed by atoms with Crippen molar-refractivity contribution in [2.45, 2.75) is 199 Å². The van der Waals surface area contributed by atoms with Gasteiger partial charge in [-0.05, 0) is 124 Å². The Kier molecular flexibility index (Phi) is 12.2. The molecule has 13 nitrogen and oxygen atoms in total. The highest BCUT2D eigenvalue weighted by Crippen LogP contribution is 2.76. The lowest BCUT2D eigenvalue weighted by molar-refractivity contribution is -0.382. The summed E-state index contributed by atoms with van der Waals surface area (Å²) in [6.07, 6.45) is -8.99. The van der Waals surface area contributed by atoms with Gasteiger partial charge in [-0.15, -0.1) is 0 Å². The van der Waals surface area contributed by atoms with Gasteiger partial charge in [0.05, 0.1) is 36.6 Å². The summed E-state index contributed by atoms with van der Waals surface area (Å²) < 4.78 is 25.1. The fraction of sp³-hybridized carbons (Fsp3) is 0.952. The van der Waals surface area contributed by atoms with Gasteiger partial charge in [-0.3, -0.25) is 0 Å². The van der Waals surface area contributed by atoms with Crippen LogP contribution in [-0.2, 0) is 18.9 Å². The first kappa shape index (κ1) is 43.8. The molecular weight excluding hydrogens is 712 g/mol. The Morgan fingerprint density at radius 3 is 2.13 bits per heavy atom. The number of fused-ring (bicyclic) bond motifs is 5. The molecule has 2 aliphatic heterocycles. The lowest BCUT2D eigenvalue weighted by Crippen LogP contribution is -2.71. The van der Waals surface area contributed by atoms with Crippen LogP contribution in [0.3, 0.4) is 0 Å². The molecule has 0 aromatic rings. The average Bonchev–Trinajstić information content (AvgIpc) is 3.49. The minimum Gasteiger partial charge on any atom is -0.394 e. The fourth-order valence-electron chi connectivity index (χ4n) is 13.3. The van der Waals surface area contributed by atoms with E-state index in [9.17, 15) is 46.0 Å². The molecule has 0 amide bonds. The fourth-order valence-corrected chi connectivity index (χ4v) is 13.3. The summed E-state index contributed by atoms with van der Waals surface area (Å²) in [6, 6.07) is 0. The number of hydrogen-bond donors (Lipinski definition) is 9. The summed E-state index contributed by atoms with van der Waals surface area (Å²) in [7, 11) is 0. The van der Waals surface area contributed by atoms with Gasteiger partial charge in [0.2, 0.25) is 0 Å². The second kappa shape index (κ2) is 15.4. The van der Waals surface area contributed by atoms with Crippen LogP contribution in [0.1, 0.15) is 114 Å². The van der Waals surface area contributed by atoms with Gasteiger partial charge in [0.1, 0.15) is 42.7 Å². The molecule has 6 rings (SSSR count). The van der Waals surface area contributed by atoms with Crippen LogP contribution in [0, 0.1) is 45.3 Å². The third-order valence-electron chi connectivity index (χ3n) is 16.5. The lowest BCUT2D eigenvalue weighted by Gasteiger charge is -2.72. The number of allylic oxidation sites excluding steroid dienone is 2. The zero-order valence-corrected chi connectivity index (χ0v) is 34.4. The minimum absolute atomic E-state index is 0.0411. The predicted molar refractivity (Wildman–Crippen MR) is 201 cm³/mol. The molecule has 318 valence electrons. The molecule has 0 aromatic heterocycles. The van der Waals surface area contributed by atoms with E-state index in [0.29, 0.717) is 32.1 Å². The van der Waals surface area contributed by atoms with E-state index in [1.54, 1.807) is 0 Å². The van der Waals surface area contributed by atoms with E-state index in [4.69, 9.17) is 18.9 Å². The summed E-state index contributed by atoms with van der Waals surface area (Å²) in [4.78, 5) is 0. The van der Waals surface area contributed by atoms with Crippen LogP contribution >= 0.6 is 0 Å². The van der Waals surface area contributed by atoms with Crippen LogP contribution in [0.15, 0.2) is 11.6 Å². The van der Waals surface area contributed by atoms with Gasteiger partial charge in [-0.25, -0.2) is 0 Å². The number of aliphatic hydroxyl groups excluding tert-OH is 8. The van der Waals surface area contributed by atoms with Crippen molar-refractivity contribution in [1.29, 1.82) is 0 Å². The summed E-state index contributed by atoms with van der Waals surface area (Å²) >= 11 is 0. The first-order chi connectivity index (χ1) is 25.5. The molecular formula is C42H72O13. The highest BCUT2D eigenvalue weighted by molar-refractivity contribution is 5.22. The van der Waals surface area contributed by atoms with Crippen LogP contribution < -0.4 is 0 Å². The van der Waals surface area contributed by atoms with Gasteiger partial charge < -0.3 is 64.9 Å². The largest absolute Gasteiger partial charge is 0.394 e. The van der Waals surface area contributed by atoms with Crippen LogP contribution in [-0.4, -0.2) is 138 Å². The average molecular weight is 785 g/mol. The van der Waals surface area contributed by atoms with Crippen LogP contribution in [0.25, 0.3) is 0 Å². The Bertz CT molecular complexity index is 1390. The number of hydrogen-bond acceptors (Lipinski definition) is 13. The van der Waals surface area contributed by atoms with E-state index in [0.717, 1.165) is 19.3 Å². The molecule has 2 saturated heterocycles. The van der Waals surface area contributed by atoms with E-state index < -0.39 is 114 Å². The highest BCUT2D eigenvalue weighted by Gasteiger charge is 2.73. The SMILES string of the molecule is CC(C)=CCC[C@](C)(O)[C@H]1CC[C@]2(C)[C@@H]1[C@H](O)C[C@@H]1[C@@]3(C)CC[C@H](O)C(C)(C)[C@@H]3[C@@H](O[C@@H]3O[C@H](CO)[C@@H](O)[C@H](O)[C@H]3O[C@@H]3O[C@H](C)[C@@H](O)[C@H](O)[C@H]3O)C[C@]12C. The molecule has 0 aromatic carbocycles. The van der Waals surface area contributed by atoms with Crippen molar-refractivity contribution >= 4 is 0 Å². The molecule has 9 N–H and O–H groups in total. The molecule has 6 fully saturated rings. The zero-order valence-electron chi connectivity index (χ0n) is 34.4. The van der Waals surface area contributed by atoms with Crippen LogP contribution in [0.4, 0.5) is 0 Å². The Labute approximate surface area is 327 Å². The van der Waals surface area contributed by atoms with Crippen molar-refractivity contribution in [3.8, 4) is 0 Å². The topological polar surface area (TPSA) is 219 Å². The molecule has 2 heterocycles. The number of rotatable bonds is 9. The minimum atomic E-state index is -1.70. The van der Waals surface area contributed by atoms with Crippen LogP contribution in [0.5, 0.6) is 0 Å². The Balaban J connectivity index is 1.38. The van der Waals surface area contributed by atoms with E-state index in [-0.39, 0.29) is 23.7 Å². The molecule has 0 spiro atoms. The van der Waals surface area contributed by atoms with Crippen molar-refractivity contribution in [3.63, 3.8) is 0 Å². The number of ether oxygens (including phenoxy) is 4. The van der Waals surface area contributed by atoms with Gasteiger partial charge in [0, 0.05) is 0 Å². The Hall–Kier alpha value is -0.780. The van der Waals surface area contributed by atoms with Gasteiger partial charge in [0.15, 0.2) is 12.6 Å². The van der Waals surface area contributed by atoms with Crippen molar-refractivity contribution in [1.82, 2.24) is 0 Å². The number of aliphatic hydroxyl groups is 9. The standard InChI is InChI=1S/C42H72O13/c1-20(2)11-10-14-42(9,51)22-12-16-40(7)28(22)23(44)17-26-39(6)15-13-27(45)38(4,5)35(39)24(18-41(26,40)8)53-37-34(32(49)30(47)25(19-43)54-37)55-36-33(50)31(48)29(46)21(3)52-36/h11,21-37,43-51H,10,12-19H2,1-9H3/t21-,22+,23-,24+,25-,26-,27+,28+,29-,30-,31+,32+,33-,34-,35+,36+,37-,39-,40-,41-,42+/m1/s1. The van der Waals surface area contributed by atoms with Gasteiger partial charge in [-0.2, -0.15) is 0 Å².